The average molecular weight is 448 g/mol. The number of halogens is 1. The van der Waals surface area contributed by atoms with E-state index < -0.39 is 32.9 Å². The van der Waals surface area contributed by atoms with Crippen LogP contribution in [0.2, 0.25) is 0 Å². The summed E-state index contributed by atoms with van der Waals surface area (Å²) < 4.78 is 41.9. The number of amides is 2. The van der Waals surface area contributed by atoms with Crippen molar-refractivity contribution < 1.29 is 22.4 Å². The standard InChI is InChI=1S/C20H18FN3O4S2/c1-2-12-24-19(26)17(13-18(25)22-15-10-8-14(21)9-11-15)29-20(24)23-30(27,28)16-6-4-3-5-7-16/h2-11,17H,1,12-13H2,(H,22,25)/t17-/m0/s1. The molecule has 0 unspecified atom stereocenters. The zero-order valence-corrected chi connectivity index (χ0v) is 17.3. The second-order valence-corrected chi connectivity index (χ2v) is 9.04. The number of nitrogens with one attached hydrogen (secondary N) is 1. The monoisotopic (exact) mass is 447 g/mol. The van der Waals surface area contributed by atoms with Gasteiger partial charge < -0.3 is 5.32 Å². The highest BCUT2D eigenvalue weighted by Crippen LogP contribution is 2.31. The summed E-state index contributed by atoms with van der Waals surface area (Å²) in [6.07, 6.45) is 1.25. The fraction of sp³-hybridized carbons (Fsp3) is 0.150. The van der Waals surface area contributed by atoms with Crippen LogP contribution < -0.4 is 5.32 Å². The molecule has 1 aliphatic heterocycles. The van der Waals surface area contributed by atoms with Gasteiger partial charge in [-0.25, -0.2) is 4.39 Å². The largest absolute Gasteiger partial charge is 0.326 e. The molecule has 30 heavy (non-hydrogen) atoms. The molecule has 0 bridgehead atoms. The second kappa shape index (κ2) is 9.23. The van der Waals surface area contributed by atoms with E-state index in [1.807, 2.05) is 0 Å². The Morgan fingerprint density at radius 2 is 1.87 bits per heavy atom. The number of benzene rings is 2. The Labute approximate surface area is 177 Å². The van der Waals surface area contributed by atoms with Crippen molar-refractivity contribution in [3.63, 3.8) is 0 Å². The van der Waals surface area contributed by atoms with E-state index in [2.05, 4.69) is 16.3 Å². The number of carbonyl (C=O) groups excluding carboxylic acids is 2. The zero-order valence-electron chi connectivity index (χ0n) is 15.7. The van der Waals surface area contributed by atoms with Crippen LogP contribution in [0.1, 0.15) is 6.42 Å². The van der Waals surface area contributed by atoms with Gasteiger partial charge in [0.2, 0.25) is 11.8 Å². The number of amidine groups is 1. The van der Waals surface area contributed by atoms with Crippen molar-refractivity contribution in [2.45, 2.75) is 16.6 Å². The first-order chi connectivity index (χ1) is 14.3. The molecular weight excluding hydrogens is 429 g/mol. The summed E-state index contributed by atoms with van der Waals surface area (Å²) in [5, 5.41) is 1.74. The molecule has 2 aromatic carbocycles. The molecule has 1 N–H and O–H groups in total. The maximum Gasteiger partial charge on any atom is 0.284 e. The van der Waals surface area contributed by atoms with Gasteiger partial charge in [-0.1, -0.05) is 36.0 Å². The highest BCUT2D eigenvalue weighted by molar-refractivity contribution is 8.16. The van der Waals surface area contributed by atoms with Crippen LogP contribution in [-0.4, -0.2) is 42.1 Å². The minimum Gasteiger partial charge on any atom is -0.326 e. The molecule has 3 rings (SSSR count). The maximum absolute atomic E-state index is 13.0. The Morgan fingerprint density at radius 3 is 2.50 bits per heavy atom. The molecule has 0 saturated carbocycles. The molecule has 0 radical (unpaired) electrons. The lowest BCUT2D eigenvalue weighted by Crippen LogP contribution is -2.33. The quantitative estimate of drug-likeness (QED) is 0.659. The normalized spacial score (nSPS) is 17.9. The highest BCUT2D eigenvalue weighted by Gasteiger charge is 2.39. The number of sulfonamides is 1. The van der Waals surface area contributed by atoms with Gasteiger partial charge >= 0.3 is 0 Å². The summed E-state index contributed by atoms with van der Waals surface area (Å²) in [6.45, 7) is 3.64. The number of hydrogen-bond donors (Lipinski definition) is 1. The smallest absolute Gasteiger partial charge is 0.284 e. The Bertz CT molecular complexity index is 1090. The lowest BCUT2D eigenvalue weighted by atomic mass is 10.2. The number of thioether (sulfide) groups is 1. The number of nitrogens with zero attached hydrogens (tertiary/aromatic N) is 2. The van der Waals surface area contributed by atoms with Gasteiger partial charge in [0, 0.05) is 18.7 Å². The van der Waals surface area contributed by atoms with Crippen LogP contribution in [-0.2, 0) is 19.6 Å². The summed E-state index contributed by atoms with van der Waals surface area (Å²) in [6, 6.07) is 12.9. The van der Waals surface area contributed by atoms with Gasteiger partial charge in [-0.2, -0.15) is 8.42 Å². The van der Waals surface area contributed by atoms with Crippen molar-refractivity contribution >= 4 is 44.5 Å². The van der Waals surface area contributed by atoms with E-state index in [1.165, 1.54) is 47.4 Å². The van der Waals surface area contributed by atoms with Gasteiger partial charge in [0.15, 0.2) is 5.17 Å². The van der Waals surface area contributed by atoms with Gasteiger partial charge in [-0.15, -0.1) is 11.0 Å². The number of carbonyl (C=O) groups is 2. The number of hydrogen-bond acceptors (Lipinski definition) is 5. The maximum atomic E-state index is 13.0. The van der Waals surface area contributed by atoms with E-state index in [0.717, 1.165) is 11.8 Å². The third kappa shape index (κ3) is 5.14. The highest BCUT2D eigenvalue weighted by atomic mass is 32.2. The minimum absolute atomic E-state index is 0.00149. The van der Waals surface area contributed by atoms with Gasteiger partial charge in [0.05, 0.1) is 4.90 Å². The zero-order chi connectivity index (χ0) is 21.7. The fourth-order valence-corrected chi connectivity index (χ4v) is 5.05. The molecule has 156 valence electrons. The van der Waals surface area contributed by atoms with E-state index in [-0.39, 0.29) is 23.0 Å². The van der Waals surface area contributed by atoms with E-state index in [4.69, 9.17) is 0 Å². The van der Waals surface area contributed by atoms with Crippen LogP contribution in [0.25, 0.3) is 0 Å². The molecular formula is C20H18FN3O4S2. The van der Waals surface area contributed by atoms with Crippen molar-refractivity contribution in [1.29, 1.82) is 0 Å². The molecule has 1 fully saturated rings. The van der Waals surface area contributed by atoms with E-state index in [9.17, 15) is 22.4 Å². The van der Waals surface area contributed by atoms with Crippen molar-refractivity contribution in [2.75, 3.05) is 11.9 Å². The minimum atomic E-state index is -4.02. The molecule has 1 saturated heterocycles. The predicted octanol–water partition coefficient (Wildman–Crippen LogP) is 3.03. The van der Waals surface area contributed by atoms with Gasteiger partial charge in [-0.05, 0) is 36.4 Å². The van der Waals surface area contributed by atoms with E-state index >= 15 is 0 Å². The Kier molecular flexibility index (Phi) is 6.68. The number of anilines is 1. The van der Waals surface area contributed by atoms with Crippen LogP contribution in [0.3, 0.4) is 0 Å². The van der Waals surface area contributed by atoms with Crippen LogP contribution in [0.4, 0.5) is 10.1 Å². The molecule has 0 spiro atoms. The van der Waals surface area contributed by atoms with Gasteiger partial charge in [0.25, 0.3) is 10.0 Å². The van der Waals surface area contributed by atoms with Crippen molar-refractivity contribution in [3.8, 4) is 0 Å². The number of rotatable bonds is 7. The average Bonchev–Trinajstić information content (AvgIpc) is 2.99. The summed E-state index contributed by atoms with van der Waals surface area (Å²) in [5.74, 6) is -1.33. The first-order valence-electron chi connectivity index (χ1n) is 8.84. The molecule has 0 aromatic heterocycles. The SMILES string of the molecule is C=CCN1C(=O)[C@H](CC(=O)Nc2ccc(F)cc2)SC1=NS(=O)(=O)c1ccccc1. The summed E-state index contributed by atoms with van der Waals surface area (Å²) in [5.41, 5.74) is 0.389. The summed E-state index contributed by atoms with van der Waals surface area (Å²) >= 11 is 0.908. The fourth-order valence-electron chi connectivity index (χ4n) is 2.67. The van der Waals surface area contributed by atoms with Crippen molar-refractivity contribution in [3.05, 3.63) is 73.1 Å². The van der Waals surface area contributed by atoms with Crippen LogP contribution in [0, 0.1) is 5.82 Å². The third-order valence-electron chi connectivity index (χ3n) is 4.07. The molecule has 0 aliphatic carbocycles. The molecule has 1 heterocycles. The third-order valence-corrected chi connectivity index (χ3v) is 6.64. The topological polar surface area (TPSA) is 95.9 Å². The molecule has 10 heteroatoms. The molecule has 7 nitrogen and oxygen atoms in total. The molecule has 1 aliphatic rings. The van der Waals surface area contributed by atoms with E-state index in [1.54, 1.807) is 18.2 Å². The van der Waals surface area contributed by atoms with Crippen LogP contribution in [0.5, 0.6) is 0 Å². The first kappa shape index (κ1) is 21.7. The van der Waals surface area contributed by atoms with E-state index in [0.29, 0.717) is 5.69 Å². The lowest BCUT2D eigenvalue weighted by molar-refractivity contribution is -0.127. The van der Waals surface area contributed by atoms with Crippen LogP contribution in [0.15, 0.2) is 76.5 Å². The second-order valence-electron chi connectivity index (χ2n) is 6.27. The predicted molar refractivity (Wildman–Crippen MR) is 114 cm³/mol. The van der Waals surface area contributed by atoms with Gasteiger partial charge in [0.1, 0.15) is 11.1 Å². The molecule has 2 aromatic rings. The first-order valence-corrected chi connectivity index (χ1v) is 11.2. The van der Waals surface area contributed by atoms with Gasteiger partial charge in [-0.3, -0.25) is 14.5 Å². The summed E-state index contributed by atoms with van der Waals surface area (Å²) in [4.78, 5) is 26.2. The van der Waals surface area contributed by atoms with Crippen molar-refractivity contribution in [1.82, 2.24) is 4.90 Å². The van der Waals surface area contributed by atoms with Crippen molar-refractivity contribution in [2.24, 2.45) is 4.40 Å². The Hall–Kier alpha value is -2.98. The Balaban J connectivity index is 1.78. The van der Waals surface area contributed by atoms with Crippen LogP contribution >= 0.6 is 11.8 Å². The Morgan fingerprint density at radius 1 is 1.20 bits per heavy atom. The summed E-state index contributed by atoms with van der Waals surface area (Å²) in [7, 11) is -4.02. The molecule has 1 atom stereocenters. The molecule has 2 amide bonds. The lowest BCUT2D eigenvalue weighted by Gasteiger charge is -2.13.